The van der Waals surface area contributed by atoms with Gasteiger partial charge in [-0.1, -0.05) is 24.3 Å². The first-order valence-corrected chi connectivity index (χ1v) is 15.0. The van der Waals surface area contributed by atoms with Gasteiger partial charge in [0.2, 0.25) is 0 Å². The van der Waals surface area contributed by atoms with Gasteiger partial charge in [0.05, 0.1) is 18.0 Å². The van der Waals surface area contributed by atoms with Crippen LogP contribution in [0.2, 0.25) is 0 Å². The van der Waals surface area contributed by atoms with Gasteiger partial charge in [0.1, 0.15) is 6.10 Å². The molecule has 1 saturated heterocycles. The molecule has 1 aliphatic rings. The van der Waals surface area contributed by atoms with E-state index >= 15 is 4.39 Å². The van der Waals surface area contributed by atoms with Crippen molar-refractivity contribution in [2.45, 2.75) is 52.0 Å². The topological polar surface area (TPSA) is 115 Å². The van der Waals surface area contributed by atoms with E-state index in [0.717, 1.165) is 0 Å². The molecule has 10 nitrogen and oxygen atoms in total. The molecule has 240 valence electrons. The first-order valence-electron chi connectivity index (χ1n) is 15.0. The van der Waals surface area contributed by atoms with Crippen LogP contribution in [0.4, 0.5) is 21.6 Å². The van der Waals surface area contributed by atoms with Crippen LogP contribution in [0.1, 0.15) is 55.3 Å². The van der Waals surface area contributed by atoms with E-state index in [4.69, 9.17) is 9.47 Å². The average Bonchev–Trinajstić information content (AvgIpc) is 3.37. The molecule has 3 aromatic carbocycles. The number of hydrogen-bond donors (Lipinski definition) is 2. The van der Waals surface area contributed by atoms with Crippen LogP contribution < -0.4 is 21.1 Å². The quantitative estimate of drug-likeness (QED) is 0.259. The number of carbonyl (C=O) groups is 2. The number of aryl methyl sites for hydroxylation is 1. The Morgan fingerprint density at radius 1 is 1.02 bits per heavy atom. The number of rotatable bonds is 8. The van der Waals surface area contributed by atoms with Crippen molar-refractivity contribution >= 4 is 29.0 Å². The van der Waals surface area contributed by atoms with E-state index in [2.05, 4.69) is 15.6 Å². The summed E-state index contributed by atoms with van der Waals surface area (Å²) < 4.78 is 28.9. The van der Waals surface area contributed by atoms with Gasteiger partial charge in [-0.25, -0.2) is 9.37 Å². The molecule has 1 aliphatic heterocycles. The standard InChI is InChI=1S/C35H38FN5O5/c1-34(2,3)41(32(43)23-11-8-7-9-12-23)28-14-10-13-26(29(28)36)27-20-40(6)33(44)30(39-27)38-24-17-15-22(16-18-24)31(42)37-19-25-21-45-35(4,5)46-25/h7-18,20,25H,19,21H2,1-6H3,(H,37,42)(H,38,39). The van der Waals surface area contributed by atoms with Gasteiger partial charge >= 0.3 is 0 Å². The first kappa shape index (κ1) is 32.5. The van der Waals surface area contributed by atoms with E-state index in [-0.39, 0.29) is 40.7 Å². The van der Waals surface area contributed by atoms with Gasteiger partial charge in [0.25, 0.3) is 17.4 Å². The summed E-state index contributed by atoms with van der Waals surface area (Å²) in [6.45, 7) is 9.85. The van der Waals surface area contributed by atoms with Gasteiger partial charge in [-0.2, -0.15) is 0 Å². The van der Waals surface area contributed by atoms with Gasteiger partial charge in [0.15, 0.2) is 17.4 Å². The Bertz CT molecular complexity index is 1800. The lowest BCUT2D eigenvalue weighted by Crippen LogP contribution is -2.46. The van der Waals surface area contributed by atoms with Crippen LogP contribution in [0.15, 0.2) is 83.8 Å². The molecule has 2 heterocycles. The van der Waals surface area contributed by atoms with Crippen molar-refractivity contribution in [3.05, 3.63) is 106 Å². The lowest BCUT2D eigenvalue weighted by molar-refractivity contribution is -0.137. The van der Waals surface area contributed by atoms with Crippen molar-refractivity contribution in [3.63, 3.8) is 0 Å². The molecular weight excluding hydrogens is 589 g/mol. The summed E-state index contributed by atoms with van der Waals surface area (Å²) >= 11 is 0. The van der Waals surface area contributed by atoms with E-state index in [1.165, 1.54) is 15.7 Å². The highest BCUT2D eigenvalue weighted by Gasteiger charge is 2.33. The number of benzene rings is 3. The van der Waals surface area contributed by atoms with Gasteiger partial charge in [-0.15, -0.1) is 0 Å². The molecule has 1 fully saturated rings. The first-order chi connectivity index (χ1) is 21.7. The molecule has 5 rings (SSSR count). The van der Waals surface area contributed by atoms with E-state index in [0.29, 0.717) is 30.0 Å². The molecule has 2 N–H and O–H groups in total. The molecule has 0 aliphatic carbocycles. The fourth-order valence-electron chi connectivity index (χ4n) is 5.21. The van der Waals surface area contributed by atoms with Crippen LogP contribution in [0.3, 0.4) is 0 Å². The number of amides is 2. The Hall–Kier alpha value is -4.87. The van der Waals surface area contributed by atoms with Crippen molar-refractivity contribution in [1.29, 1.82) is 0 Å². The van der Waals surface area contributed by atoms with Crippen molar-refractivity contribution in [3.8, 4) is 11.3 Å². The second-order valence-corrected chi connectivity index (χ2v) is 12.6. The zero-order valence-corrected chi connectivity index (χ0v) is 26.8. The highest BCUT2D eigenvalue weighted by molar-refractivity contribution is 6.07. The second kappa shape index (κ2) is 12.9. The Labute approximate surface area is 267 Å². The summed E-state index contributed by atoms with van der Waals surface area (Å²) in [4.78, 5) is 45.2. The Morgan fingerprint density at radius 3 is 2.35 bits per heavy atom. The molecule has 0 spiro atoms. The highest BCUT2D eigenvalue weighted by Crippen LogP contribution is 2.34. The fraction of sp³-hybridized carbons (Fsp3) is 0.314. The predicted octanol–water partition coefficient (Wildman–Crippen LogP) is 5.66. The SMILES string of the molecule is Cn1cc(-c2cccc(N(C(=O)c3ccccc3)C(C)(C)C)c2F)nc(Nc2ccc(C(=O)NCC3COC(C)(C)O3)cc2)c1=O. The number of anilines is 3. The molecule has 1 atom stereocenters. The lowest BCUT2D eigenvalue weighted by atomic mass is 10.0. The Balaban J connectivity index is 1.38. The normalized spacial score (nSPS) is 15.8. The third kappa shape index (κ3) is 7.16. The number of halogens is 1. The molecule has 4 aromatic rings. The minimum atomic E-state index is -0.755. The molecule has 0 saturated carbocycles. The van der Waals surface area contributed by atoms with Gasteiger partial charge in [0, 0.05) is 47.7 Å². The average molecular weight is 628 g/mol. The van der Waals surface area contributed by atoms with Gasteiger partial charge < -0.3 is 29.6 Å². The number of nitrogens with zero attached hydrogens (tertiary/aromatic N) is 3. The van der Waals surface area contributed by atoms with Gasteiger partial charge in [-0.3, -0.25) is 14.4 Å². The monoisotopic (exact) mass is 627 g/mol. The van der Waals surface area contributed by atoms with Crippen molar-refractivity contribution in [1.82, 2.24) is 14.9 Å². The lowest BCUT2D eigenvalue weighted by Gasteiger charge is -2.36. The summed E-state index contributed by atoms with van der Waals surface area (Å²) in [5, 5.41) is 5.84. The van der Waals surface area contributed by atoms with Crippen molar-refractivity contribution in [2.75, 3.05) is 23.4 Å². The van der Waals surface area contributed by atoms with Crippen molar-refractivity contribution < 1.29 is 23.5 Å². The molecule has 1 unspecified atom stereocenters. The third-order valence-electron chi connectivity index (χ3n) is 7.43. The summed E-state index contributed by atoms with van der Waals surface area (Å²) in [6, 6.07) is 20.0. The molecular formula is C35H38FN5O5. The third-order valence-corrected chi connectivity index (χ3v) is 7.43. The maximum Gasteiger partial charge on any atom is 0.293 e. The smallest absolute Gasteiger partial charge is 0.293 e. The molecule has 2 amide bonds. The summed E-state index contributed by atoms with van der Waals surface area (Å²) in [5.41, 5.74) is 0.585. The number of hydrogen-bond acceptors (Lipinski definition) is 7. The minimum absolute atomic E-state index is 0.0314. The summed E-state index contributed by atoms with van der Waals surface area (Å²) in [5.74, 6) is -1.97. The summed E-state index contributed by atoms with van der Waals surface area (Å²) in [7, 11) is 1.55. The molecule has 1 aromatic heterocycles. The number of carbonyl (C=O) groups excluding carboxylic acids is 2. The Kier molecular flexibility index (Phi) is 9.09. The number of ether oxygens (including phenoxy) is 2. The molecule has 46 heavy (non-hydrogen) atoms. The summed E-state index contributed by atoms with van der Waals surface area (Å²) in [6.07, 6.45) is 1.21. The van der Waals surface area contributed by atoms with E-state index in [9.17, 15) is 14.4 Å². The van der Waals surface area contributed by atoms with Crippen LogP contribution >= 0.6 is 0 Å². The maximum absolute atomic E-state index is 16.3. The minimum Gasteiger partial charge on any atom is -0.349 e. The maximum atomic E-state index is 16.3. The van der Waals surface area contributed by atoms with E-state index in [1.54, 1.807) is 73.8 Å². The van der Waals surface area contributed by atoms with Crippen LogP contribution in [0, 0.1) is 5.82 Å². The number of aromatic nitrogens is 2. The zero-order valence-electron chi connectivity index (χ0n) is 26.8. The van der Waals surface area contributed by atoms with Crippen LogP contribution in [-0.2, 0) is 16.5 Å². The van der Waals surface area contributed by atoms with Crippen LogP contribution in [-0.4, -0.2) is 51.9 Å². The van der Waals surface area contributed by atoms with Gasteiger partial charge in [-0.05, 0) is 83.1 Å². The van der Waals surface area contributed by atoms with Crippen LogP contribution in [0.5, 0.6) is 0 Å². The fourth-order valence-corrected chi connectivity index (χ4v) is 5.21. The van der Waals surface area contributed by atoms with Crippen LogP contribution in [0.25, 0.3) is 11.3 Å². The zero-order chi connectivity index (χ0) is 33.2. The molecule has 0 radical (unpaired) electrons. The molecule has 11 heteroatoms. The van der Waals surface area contributed by atoms with E-state index in [1.807, 2.05) is 40.7 Å². The molecule has 0 bridgehead atoms. The largest absolute Gasteiger partial charge is 0.349 e. The van der Waals surface area contributed by atoms with E-state index < -0.39 is 22.7 Å². The second-order valence-electron chi connectivity index (χ2n) is 12.6. The number of nitrogens with one attached hydrogen (secondary N) is 2. The highest BCUT2D eigenvalue weighted by atomic mass is 19.1. The van der Waals surface area contributed by atoms with Crippen molar-refractivity contribution in [2.24, 2.45) is 7.05 Å². The Morgan fingerprint density at radius 2 is 1.72 bits per heavy atom. The predicted molar refractivity (Wildman–Crippen MR) is 175 cm³/mol.